The molecule has 3 heterocycles. The van der Waals surface area contributed by atoms with E-state index in [1.807, 2.05) is 0 Å². The van der Waals surface area contributed by atoms with Crippen molar-refractivity contribution in [2.45, 2.75) is 51.4 Å². The molecule has 5 nitrogen and oxygen atoms in total. The molecule has 0 amide bonds. The Morgan fingerprint density at radius 2 is 1.17 bits per heavy atom. The second-order valence-corrected chi connectivity index (χ2v) is 20.3. The van der Waals surface area contributed by atoms with Gasteiger partial charge in [0.2, 0.25) is 0 Å². The molecular formula is C65H50N2O3. The summed E-state index contributed by atoms with van der Waals surface area (Å²) in [5.74, 6) is 1.31. The van der Waals surface area contributed by atoms with Crippen molar-refractivity contribution in [2.24, 2.45) is 5.41 Å². The first-order valence-electron chi connectivity index (χ1n) is 24.7. The molecule has 0 radical (unpaired) electrons. The minimum atomic E-state index is -0.822. The topological polar surface area (TPSA) is 54.7 Å². The van der Waals surface area contributed by atoms with Crippen molar-refractivity contribution in [3.63, 3.8) is 0 Å². The first kappa shape index (κ1) is 40.8. The number of allylic oxidation sites excluding steroid dienone is 4. The molecule has 11 aromatic rings. The molecule has 8 aromatic carbocycles. The Hall–Kier alpha value is -8.28. The highest BCUT2D eigenvalue weighted by Gasteiger charge is 2.50. The molecule has 3 aliphatic carbocycles. The Balaban J connectivity index is 1.17. The maximum atomic E-state index is 7.46. The average Bonchev–Trinajstić information content (AvgIpc) is 4.16. The normalized spacial score (nSPS) is 16.0. The summed E-state index contributed by atoms with van der Waals surface area (Å²) < 4.78 is 21.8. The number of fused-ring (bicyclic) bond motifs is 14. The summed E-state index contributed by atoms with van der Waals surface area (Å²) in [4.78, 5) is 2.47. The van der Waals surface area contributed by atoms with Gasteiger partial charge >= 0.3 is 0 Å². The molecule has 1 unspecified atom stereocenters. The second-order valence-electron chi connectivity index (χ2n) is 20.3. The molecule has 3 aliphatic rings. The van der Waals surface area contributed by atoms with E-state index in [0.29, 0.717) is 0 Å². The minimum Gasteiger partial charge on any atom is -0.458 e. The summed E-state index contributed by atoms with van der Waals surface area (Å²) in [5, 5.41) is 9.18. The summed E-state index contributed by atoms with van der Waals surface area (Å²) in [6.07, 6.45) is 14.5. The van der Waals surface area contributed by atoms with E-state index in [1.54, 1.807) is 0 Å². The number of benzene rings is 8. The Bertz CT molecular complexity index is 3950. The van der Waals surface area contributed by atoms with E-state index in [9.17, 15) is 0 Å². The lowest BCUT2D eigenvalue weighted by Gasteiger charge is -2.35. The number of hydrogen-bond donors (Lipinski definition) is 1. The molecule has 1 atom stereocenters. The molecule has 0 aliphatic heterocycles. The van der Waals surface area contributed by atoms with Gasteiger partial charge in [-0.15, -0.1) is 0 Å². The molecule has 0 bridgehead atoms. The molecular weight excluding hydrogens is 857 g/mol. The van der Waals surface area contributed by atoms with Crippen LogP contribution in [0.1, 0.15) is 79.5 Å². The van der Waals surface area contributed by atoms with Crippen molar-refractivity contribution in [1.82, 2.24) is 0 Å². The Morgan fingerprint density at radius 3 is 1.86 bits per heavy atom. The number of nitrogens with zero attached hydrogens (tertiary/aromatic N) is 1. The Labute approximate surface area is 406 Å². The smallest absolute Gasteiger partial charge is 0.159 e. The number of para-hydroxylation sites is 4. The van der Waals surface area contributed by atoms with Crippen LogP contribution >= 0.6 is 0 Å². The van der Waals surface area contributed by atoms with Gasteiger partial charge in [0.15, 0.2) is 11.2 Å². The van der Waals surface area contributed by atoms with Crippen molar-refractivity contribution in [3.8, 4) is 11.1 Å². The van der Waals surface area contributed by atoms with Crippen LogP contribution in [0.5, 0.6) is 0 Å². The third-order valence-electron chi connectivity index (χ3n) is 15.3. The SMILES string of the molecule is CC(C)(C)C1CC=Cc2c1oc1c(N(C3=CCCC=C3)c3cc4c(c5oc6ccccc6c35)-c3c(cc(Nc5ccccc5)c5oc6ccccc6c35)C4(c3ccccc3)c3ccccc3)cccc21. The number of anilines is 4. The molecule has 0 spiro atoms. The summed E-state index contributed by atoms with van der Waals surface area (Å²) in [7, 11) is 0. The van der Waals surface area contributed by atoms with Gasteiger partial charge in [0.1, 0.15) is 22.5 Å². The number of hydrogen-bond acceptors (Lipinski definition) is 5. The van der Waals surface area contributed by atoms with E-state index in [0.717, 1.165) is 142 Å². The summed E-state index contributed by atoms with van der Waals surface area (Å²) in [6, 6.07) is 61.1. The molecule has 70 heavy (non-hydrogen) atoms. The summed E-state index contributed by atoms with van der Waals surface area (Å²) in [5.41, 5.74) is 16.4. The maximum absolute atomic E-state index is 7.46. The van der Waals surface area contributed by atoms with E-state index >= 15 is 0 Å². The lowest BCUT2D eigenvalue weighted by Crippen LogP contribution is -2.29. The molecule has 1 N–H and O–H groups in total. The third kappa shape index (κ3) is 5.84. The number of rotatable bonds is 7. The fraction of sp³-hybridized carbons (Fsp3) is 0.138. The van der Waals surface area contributed by atoms with Gasteiger partial charge in [0, 0.05) is 55.5 Å². The van der Waals surface area contributed by atoms with E-state index in [4.69, 9.17) is 13.3 Å². The molecule has 338 valence electrons. The van der Waals surface area contributed by atoms with Crippen LogP contribution < -0.4 is 10.2 Å². The van der Waals surface area contributed by atoms with Crippen molar-refractivity contribution < 1.29 is 13.3 Å². The van der Waals surface area contributed by atoms with Crippen molar-refractivity contribution >= 4 is 83.7 Å². The zero-order valence-corrected chi connectivity index (χ0v) is 39.4. The van der Waals surface area contributed by atoms with Crippen LogP contribution in [-0.4, -0.2) is 0 Å². The maximum Gasteiger partial charge on any atom is 0.159 e. The first-order chi connectivity index (χ1) is 34.4. The Kier molecular flexibility index (Phi) is 8.95. The van der Waals surface area contributed by atoms with E-state index in [2.05, 4.69) is 231 Å². The van der Waals surface area contributed by atoms with Gasteiger partial charge in [0.25, 0.3) is 0 Å². The van der Waals surface area contributed by atoms with Crippen LogP contribution in [0.4, 0.5) is 22.7 Å². The zero-order valence-electron chi connectivity index (χ0n) is 39.4. The number of furan rings is 3. The zero-order chi connectivity index (χ0) is 46.7. The highest BCUT2D eigenvalue weighted by molar-refractivity contribution is 6.25. The van der Waals surface area contributed by atoms with Crippen LogP contribution in [-0.2, 0) is 5.41 Å². The van der Waals surface area contributed by atoms with Gasteiger partial charge in [-0.3, -0.25) is 0 Å². The van der Waals surface area contributed by atoms with Crippen LogP contribution in [0, 0.1) is 5.41 Å². The molecule has 0 fully saturated rings. The fourth-order valence-corrected chi connectivity index (χ4v) is 12.2. The highest BCUT2D eigenvalue weighted by Crippen LogP contribution is 2.64. The standard InChI is InChI=1S/C65H50N2O3/c1-64(2,3)48-34-20-32-44-45-33-21-35-52(61(45)70-60(44)48)67(43-28-14-7-15-29-43)53-39-50-59(63-56(53)46-30-16-18-36-54(46)69-63)58-49(65(50,40-22-8-4-9-23-40)41-24-10-5-11-25-41)38-51(66-42-26-12-6-13-27-42)62-57(58)47-31-17-19-37-55(47)68-62/h4-6,8-14,16-33,35-39,48,66H,7,15,34H2,1-3H3. The molecule has 5 heteroatoms. The fourth-order valence-electron chi connectivity index (χ4n) is 12.2. The quantitative estimate of drug-likeness (QED) is 0.173. The summed E-state index contributed by atoms with van der Waals surface area (Å²) >= 11 is 0. The largest absolute Gasteiger partial charge is 0.458 e. The molecule has 0 saturated carbocycles. The van der Waals surface area contributed by atoms with Crippen molar-refractivity contribution in [1.29, 1.82) is 0 Å². The summed E-state index contributed by atoms with van der Waals surface area (Å²) in [6.45, 7) is 6.98. The van der Waals surface area contributed by atoms with E-state index in [1.165, 1.54) is 5.56 Å². The van der Waals surface area contributed by atoms with Gasteiger partial charge in [-0.05, 0) is 95.5 Å². The van der Waals surface area contributed by atoms with E-state index in [-0.39, 0.29) is 11.3 Å². The van der Waals surface area contributed by atoms with E-state index < -0.39 is 5.41 Å². The number of nitrogens with one attached hydrogen (secondary N) is 1. The first-order valence-corrected chi connectivity index (χ1v) is 24.7. The third-order valence-corrected chi connectivity index (χ3v) is 15.3. The molecule has 14 rings (SSSR count). The lowest BCUT2D eigenvalue weighted by atomic mass is 9.67. The van der Waals surface area contributed by atoms with Crippen LogP contribution in [0.25, 0.3) is 72.0 Å². The van der Waals surface area contributed by atoms with Gasteiger partial charge in [0.05, 0.1) is 27.9 Å². The molecule has 3 aromatic heterocycles. The van der Waals surface area contributed by atoms with Gasteiger partial charge in [-0.2, -0.15) is 0 Å². The van der Waals surface area contributed by atoms with Gasteiger partial charge in [-0.25, -0.2) is 0 Å². The lowest BCUT2D eigenvalue weighted by molar-refractivity contribution is 0.283. The Morgan fingerprint density at radius 1 is 0.543 bits per heavy atom. The van der Waals surface area contributed by atoms with Crippen molar-refractivity contribution in [2.75, 3.05) is 10.2 Å². The minimum absolute atomic E-state index is 0.0130. The monoisotopic (exact) mass is 906 g/mol. The van der Waals surface area contributed by atoms with Crippen molar-refractivity contribution in [3.05, 3.63) is 233 Å². The van der Waals surface area contributed by atoms with Gasteiger partial charge < -0.3 is 23.5 Å². The highest BCUT2D eigenvalue weighted by atomic mass is 16.3. The molecule has 0 saturated heterocycles. The second kappa shape index (κ2) is 15.4. The van der Waals surface area contributed by atoms with Gasteiger partial charge in [-0.1, -0.05) is 172 Å². The van der Waals surface area contributed by atoms with Crippen LogP contribution in [0.15, 0.2) is 213 Å². The predicted molar refractivity (Wildman–Crippen MR) is 289 cm³/mol. The van der Waals surface area contributed by atoms with Crippen LogP contribution in [0.2, 0.25) is 0 Å². The average molecular weight is 907 g/mol. The van der Waals surface area contributed by atoms with Crippen LogP contribution in [0.3, 0.4) is 0 Å². The predicted octanol–water partition coefficient (Wildman–Crippen LogP) is 18.3.